The van der Waals surface area contributed by atoms with Gasteiger partial charge in [0.2, 0.25) is 9.84 Å². The Balaban J connectivity index is 1.70. The smallest absolute Gasteiger partial charge is 0.250 e. The number of aromatic nitrogens is 2. The summed E-state index contributed by atoms with van der Waals surface area (Å²) in [5.41, 5.74) is 1.98. The van der Waals surface area contributed by atoms with Crippen LogP contribution >= 0.6 is 0 Å². The van der Waals surface area contributed by atoms with Crippen LogP contribution < -0.4 is 16.0 Å². The molecule has 10 heteroatoms. The molecule has 0 spiro atoms. The Hall–Kier alpha value is -2.27. The maximum atomic E-state index is 12.0. The average Bonchev–Trinajstić information content (AvgIpc) is 2.76. The van der Waals surface area contributed by atoms with Gasteiger partial charge in [0, 0.05) is 57.5 Å². The first-order chi connectivity index (χ1) is 15.5. The van der Waals surface area contributed by atoms with Crippen molar-refractivity contribution in [2.24, 2.45) is 0 Å². The third-order valence-corrected chi connectivity index (χ3v) is 5.68. The number of nitrogens with zero attached hydrogens (tertiary/aromatic N) is 2. The fraction of sp³-hybridized carbons (Fsp3) is 0.545. The lowest BCUT2D eigenvalue weighted by Crippen LogP contribution is -2.16. The van der Waals surface area contributed by atoms with E-state index in [1.807, 2.05) is 24.3 Å². The number of nitrogens with one attached hydrogen (secondary N) is 3. The number of benzene rings is 1. The third kappa shape index (κ3) is 8.70. The third-order valence-electron chi connectivity index (χ3n) is 4.83. The van der Waals surface area contributed by atoms with Crippen molar-refractivity contribution in [3.63, 3.8) is 0 Å². The number of fused-ring (bicyclic) bond motifs is 16. The van der Waals surface area contributed by atoms with Gasteiger partial charge in [-0.25, -0.2) is 18.4 Å². The van der Waals surface area contributed by atoms with E-state index >= 15 is 0 Å². The number of rotatable bonds is 1. The summed E-state index contributed by atoms with van der Waals surface area (Å²) in [6, 6.07) is 9.66. The van der Waals surface area contributed by atoms with Gasteiger partial charge in [0.15, 0.2) is 0 Å². The first-order valence-electron chi connectivity index (χ1n) is 11.1. The summed E-state index contributed by atoms with van der Waals surface area (Å²) >= 11 is 0. The van der Waals surface area contributed by atoms with Crippen molar-refractivity contribution >= 4 is 27.2 Å². The molecule has 2 aliphatic rings. The molecule has 0 radical (unpaired) electrons. The van der Waals surface area contributed by atoms with Gasteiger partial charge in [-0.1, -0.05) is 12.1 Å². The molecular weight excluding hydrogens is 430 g/mol. The topological polar surface area (TPSA) is 114 Å². The van der Waals surface area contributed by atoms with Crippen LogP contribution in [0.15, 0.2) is 35.5 Å². The fourth-order valence-electron chi connectivity index (χ4n) is 3.13. The molecular formula is C22H33N5O4S. The van der Waals surface area contributed by atoms with Gasteiger partial charge >= 0.3 is 0 Å². The maximum Gasteiger partial charge on any atom is 0.250 e. The van der Waals surface area contributed by atoms with E-state index in [1.165, 1.54) is 0 Å². The Bertz CT molecular complexity index is 938. The SMILES string of the molecule is CS(=O)(=O)c1nc2cc(n1)Nc1ccc(cc1)CNCCCOCCCCOCCCN2. The van der Waals surface area contributed by atoms with Crippen molar-refractivity contribution in [3.8, 4) is 0 Å². The summed E-state index contributed by atoms with van der Waals surface area (Å²) in [4.78, 5) is 8.33. The predicted molar refractivity (Wildman–Crippen MR) is 125 cm³/mol. The van der Waals surface area contributed by atoms with Gasteiger partial charge in [-0.3, -0.25) is 0 Å². The van der Waals surface area contributed by atoms with Gasteiger partial charge in [-0.15, -0.1) is 0 Å². The Kier molecular flexibility index (Phi) is 9.66. The van der Waals surface area contributed by atoms with E-state index in [-0.39, 0.29) is 5.16 Å². The summed E-state index contributed by atoms with van der Waals surface area (Å²) in [6.07, 6.45) is 4.82. The highest BCUT2D eigenvalue weighted by molar-refractivity contribution is 7.90. The van der Waals surface area contributed by atoms with Gasteiger partial charge < -0.3 is 25.4 Å². The molecule has 176 valence electrons. The van der Waals surface area contributed by atoms with E-state index in [2.05, 4.69) is 25.9 Å². The molecule has 3 N–H and O–H groups in total. The van der Waals surface area contributed by atoms with Crippen molar-refractivity contribution in [1.82, 2.24) is 15.3 Å². The molecule has 32 heavy (non-hydrogen) atoms. The second kappa shape index (κ2) is 12.7. The van der Waals surface area contributed by atoms with Crippen LogP contribution in [0.1, 0.15) is 31.2 Å². The van der Waals surface area contributed by atoms with Crippen LogP contribution in [-0.2, 0) is 25.9 Å². The normalized spacial score (nSPS) is 17.8. The minimum atomic E-state index is -3.55. The van der Waals surface area contributed by atoms with E-state index in [4.69, 9.17) is 9.47 Å². The summed E-state index contributed by atoms with van der Waals surface area (Å²) in [7, 11) is -3.55. The van der Waals surface area contributed by atoms with Crippen LogP contribution in [0.5, 0.6) is 0 Å². The molecule has 0 aliphatic carbocycles. The number of sulfone groups is 1. The molecule has 9 nitrogen and oxygen atoms in total. The molecule has 1 aromatic carbocycles. The molecule has 2 aliphatic heterocycles. The molecule has 0 amide bonds. The van der Waals surface area contributed by atoms with Crippen LogP contribution in [0, 0.1) is 0 Å². The Morgan fingerprint density at radius 1 is 0.844 bits per heavy atom. The van der Waals surface area contributed by atoms with Crippen LogP contribution in [0.25, 0.3) is 0 Å². The number of anilines is 3. The second-order valence-corrected chi connectivity index (χ2v) is 9.67. The summed E-state index contributed by atoms with van der Waals surface area (Å²) < 4.78 is 35.4. The van der Waals surface area contributed by atoms with Crippen molar-refractivity contribution in [3.05, 3.63) is 35.9 Å². The van der Waals surface area contributed by atoms with Gasteiger partial charge in [0.1, 0.15) is 11.6 Å². The minimum Gasteiger partial charge on any atom is -0.381 e. The molecule has 0 unspecified atom stereocenters. The van der Waals surface area contributed by atoms with Crippen LogP contribution in [-0.4, -0.2) is 64.2 Å². The molecule has 3 heterocycles. The van der Waals surface area contributed by atoms with Crippen molar-refractivity contribution in [1.29, 1.82) is 0 Å². The van der Waals surface area contributed by atoms with E-state index in [1.54, 1.807) is 6.07 Å². The Morgan fingerprint density at radius 2 is 1.47 bits per heavy atom. The van der Waals surface area contributed by atoms with Crippen LogP contribution in [0.3, 0.4) is 0 Å². The largest absolute Gasteiger partial charge is 0.381 e. The first-order valence-corrected chi connectivity index (χ1v) is 12.9. The molecule has 4 bridgehead atoms. The van der Waals surface area contributed by atoms with Crippen molar-refractivity contribution < 1.29 is 17.9 Å². The van der Waals surface area contributed by atoms with E-state index in [0.29, 0.717) is 31.4 Å². The van der Waals surface area contributed by atoms with Crippen LogP contribution in [0.2, 0.25) is 0 Å². The van der Waals surface area contributed by atoms with E-state index in [0.717, 1.165) is 69.5 Å². The molecule has 0 saturated carbocycles. The van der Waals surface area contributed by atoms with Crippen molar-refractivity contribution in [2.75, 3.05) is 56.4 Å². The highest BCUT2D eigenvalue weighted by Gasteiger charge is 2.14. The first kappa shape index (κ1) is 24.4. The molecule has 4 rings (SSSR count). The summed E-state index contributed by atoms with van der Waals surface area (Å²) in [5, 5.41) is 9.55. The molecule has 1 aromatic heterocycles. The van der Waals surface area contributed by atoms with Gasteiger partial charge in [-0.2, -0.15) is 0 Å². The molecule has 0 saturated heterocycles. The minimum absolute atomic E-state index is 0.213. The van der Waals surface area contributed by atoms with Gasteiger partial charge in [0.25, 0.3) is 5.16 Å². The van der Waals surface area contributed by atoms with Crippen LogP contribution in [0.4, 0.5) is 17.3 Å². The van der Waals surface area contributed by atoms with Gasteiger partial charge in [0.05, 0.1) is 0 Å². The lowest BCUT2D eigenvalue weighted by molar-refractivity contribution is 0.101. The highest BCUT2D eigenvalue weighted by Crippen LogP contribution is 2.20. The van der Waals surface area contributed by atoms with E-state index in [9.17, 15) is 8.42 Å². The summed E-state index contributed by atoms with van der Waals surface area (Å²) in [6.45, 7) is 5.15. The standard InChI is InChI=1S/C22H33N5O4S/c1-32(28,29)22-26-20-16-21(27-22)25-19-8-6-18(7-9-19)17-23-10-4-14-30-12-2-3-13-31-15-5-11-24-20/h6-9,16,23H,2-5,10-15,17H2,1H3,(H2,24,25,26,27). The van der Waals surface area contributed by atoms with E-state index < -0.39 is 9.84 Å². The highest BCUT2D eigenvalue weighted by atomic mass is 32.2. The maximum absolute atomic E-state index is 12.0. The zero-order chi connectivity index (χ0) is 22.7. The zero-order valence-electron chi connectivity index (χ0n) is 18.6. The number of ether oxygens (including phenoxy) is 2. The number of hydrogen-bond acceptors (Lipinski definition) is 9. The molecule has 0 fully saturated rings. The summed E-state index contributed by atoms with van der Waals surface area (Å²) in [5.74, 6) is 0.878. The number of hydrogen-bond donors (Lipinski definition) is 3. The fourth-order valence-corrected chi connectivity index (χ4v) is 3.66. The molecule has 0 atom stereocenters. The average molecular weight is 464 g/mol. The lowest BCUT2D eigenvalue weighted by atomic mass is 10.2. The Labute approximate surface area is 190 Å². The Morgan fingerprint density at radius 3 is 2.16 bits per heavy atom. The van der Waals surface area contributed by atoms with Crippen molar-refractivity contribution in [2.45, 2.75) is 37.4 Å². The quantitative estimate of drug-likeness (QED) is 0.549. The monoisotopic (exact) mass is 463 g/mol. The van der Waals surface area contributed by atoms with Gasteiger partial charge in [-0.05, 0) is 49.9 Å². The second-order valence-electron chi connectivity index (χ2n) is 7.76. The predicted octanol–water partition coefficient (Wildman–Crippen LogP) is 2.73. The molecule has 2 aromatic rings. The zero-order valence-corrected chi connectivity index (χ0v) is 19.4. The lowest BCUT2D eigenvalue weighted by Gasteiger charge is -2.12.